The Balaban J connectivity index is 2.23. The molecule has 1 nitrogen and oxygen atoms in total. The van der Waals surface area contributed by atoms with Crippen LogP contribution in [0.2, 0.25) is 0 Å². The van der Waals surface area contributed by atoms with Crippen molar-refractivity contribution in [2.75, 3.05) is 19.0 Å². The van der Waals surface area contributed by atoms with Gasteiger partial charge >= 0.3 is 0 Å². The molecule has 16 heavy (non-hydrogen) atoms. The molecule has 0 spiro atoms. The van der Waals surface area contributed by atoms with E-state index in [-0.39, 0.29) is 5.41 Å². The molecule has 0 atom stereocenters. The highest BCUT2D eigenvalue weighted by molar-refractivity contribution is 7.80. The van der Waals surface area contributed by atoms with Gasteiger partial charge in [0, 0.05) is 16.7 Å². The molecule has 0 fully saturated rings. The summed E-state index contributed by atoms with van der Waals surface area (Å²) in [6.07, 6.45) is 3.33. The van der Waals surface area contributed by atoms with E-state index in [1.165, 1.54) is 4.88 Å². The Bertz CT molecular complexity index is 257. The Kier molecular flexibility index (Phi) is 6.47. The minimum Gasteiger partial charge on any atom is -0.380 e. The fraction of sp³-hybridized carbons (Fsp3) is 0.692. The largest absolute Gasteiger partial charge is 0.380 e. The van der Waals surface area contributed by atoms with E-state index in [0.717, 1.165) is 38.2 Å². The topological polar surface area (TPSA) is 9.23 Å². The summed E-state index contributed by atoms with van der Waals surface area (Å²) < 4.78 is 5.80. The van der Waals surface area contributed by atoms with Crippen LogP contribution in [0.5, 0.6) is 0 Å². The van der Waals surface area contributed by atoms with Gasteiger partial charge in [0.05, 0.1) is 13.2 Å². The molecule has 0 amide bonds. The quantitative estimate of drug-likeness (QED) is 0.547. The van der Waals surface area contributed by atoms with Gasteiger partial charge in [-0.25, -0.2) is 0 Å². The Morgan fingerprint density at radius 2 is 2.12 bits per heavy atom. The van der Waals surface area contributed by atoms with Gasteiger partial charge in [-0.2, -0.15) is 12.6 Å². The Hall–Kier alpha value is 0.01000. The fourth-order valence-corrected chi connectivity index (χ4v) is 2.87. The van der Waals surface area contributed by atoms with Crippen molar-refractivity contribution >= 4 is 24.0 Å². The molecule has 1 aromatic heterocycles. The van der Waals surface area contributed by atoms with Crippen molar-refractivity contribution in [1.29, 1.82) is 0 Å². The first kappa shape index (κ1) is 14.1. The standard InChI is InChI=1S/C13H22OS2/c1-3-13(4-2,11-15)10-14-8-7-12-6-5-9-16-12/h5-6,9,15H,3-4,7-8,10-11H2,1-2H3. The number of thiophene rings is 1. The van der Waals surface area contributed by atoms with Crippen LogP contribution in [0.4, 0.5) is 0 Å². The van der Waals surface area contributed by atoms with Gasteiger partial charge in [-0.1, -0.05) is 19.9 Å². The first-order valence-electron chi connectivity index (χ1n) is 5.97. The van der Waals surface area contributed by atoms with E-state index in [1.54, 1.807) is 11.3 Å². The van der Waals surface area contributed by atoms with Crippen LogP contribution in [-0.2, 0) is 11.2 Å². The molecule has 0 aliphatic rings. The zero-order valence-corrected chi connectivity index (χ0v) is 11.9. The van der Waals surface area contributed by atoms with Crippen molar-refractivity contribution in [2.45, 2.75) is 33.1 Å². The molecule has 0 radical (unpaired) electrons. The van der Waals surface area contributed by atoms with Gasteiger partial charge in [0.1, 0.15) is 0 Å². The van der Waals surface area contributed by atoms with E-state index in [0.29, 0.717) is 0 Å². The first-order valence-corrected chi connectivity index (χ1v) is 7.48. The second kappa shape index (κ2) is 7.36. The third-order valence-electron chi connectivity index (χ3n) is 3.32. The highest BCUT2D eigenvalue weighted by Crippen LogP contribution is 2.28. The number of rotatable bonds is 8. The summed E-state index contributed by atoms with van der Waals surface area (Å²) in [5.74, 6) is 0.916. The molecule has 0 unspecified atom stereocenters. The minimum absolute atomic E-state index is 0.276. The summed E-state index contributed by atoms with van der Waals surface area (Å²) in [5, 5.41) is 2.12. The number of thiol groups is 1. The van der Waals surface area contributed by atoms with Crippen LogP contribution in [0.15, 0.2) is 17.5 Å². The van der Waals surface area contributed by atoms with E-state index in [2.05, 4.69) is 44.0 Å². The molecule has 1 rings (SSSR count). The maximum atomic E-state index is 5.80. The Morgan fingerprint density at radius 3 is 2.62 bits per heavy atom. The van der Waals surface area contributed by atoms with Crippen LogP contribution in [-0.4, -0.2) is 19.0 Å². The van der Waals surface area contributed by atoms with Crippen LogP contribution in [0, 0.1) is 5.41 Å². The van der Waals surface area contributed by atoms with Gasteiger partial charge in [0.2, 0.25) is 0 Å². The molecule has 0 bridgehead atoms. The van der Waals surface area contributed by atoms with E-state index in [9.17, 15) is 0 Å². The average Bonchev–Trinajstić information content (AvgIpc) is 2.83. The Labute approximate surface area is 109 Å². The van der Waals surface area contributed by atoms with Gasteiger partial charge < -0.3 is 4.74 Å². The monoisotopic (exact) mass is 258 g/mol. The van der Waals surface area contributed by atoms with E-state index in [1.807, 2.05) is 0 Å². The maximum absolute atomic E-state index is 5.80. The Morgan fingerprint density at radius 1 is 1.38 bits per heavy atom. The van der Waals surface area contributed by atoms with E-state index >= 15 is 0 Å². The lowest BCUT2D eigenvalue weighted by molar-refractivity contribution is 0.0532. The van der Waals surface area contributed by atoms with Gasteiger partial charge in [-0.15, -0.1) is 11.3 Å². The third kappa shape index (κ3) is 4.11. The van der Waals surface area contributed by atoms with Crippen molar-refractivity contribution in [1.82, 2.24) is 0 Å². The van der Waals surface area contributed by atoms with Crippen LogP contribution >= 0.6 is 24.0 Å². The molecular formula is C13H22OS2. The van der Waals surface area contributed by atoms with Gasteiger partial charge in [-0.3, -0.25) is 0 Å². The fourth-order valence-electron chi connectivity index (χ4n) is 1.64. The molecule has 1 heterocycles. The van der Waals surface area contributed by atoms with E-state index < -0.39 is 0 Å². The van der Waals surface area contributed by atoms with Crippen LogP contribution in [0.1, 0.15) is 31.6 Å². The molecule has 0 aromatic carbocycles. The second-order valence-electron chi connectivity index (χ2n) is 4.25. The maximum Gasteiger partial charge on any atom is 0.0530 e. The van der Waals surface area contributed by atoms with Crippen LogP contribution in [0.25, 0.3) is 0 Å². The lowest BCUT2D eigenvalue weighted by atomic mass is 9.85. The van der Waals surface area contributed by atoms with E-state index in [4.69, 9.17) is 4.74 Å². The molecule has 0 saturated heterocycles. The van der Waals surface area contributed by atoms with Gasteiger partial charge in [-0.05, 0) is 30.0 Å². The predicted molar refractivity (Wildman–Crippen MR) is 75.7 cm³/mol. The lowest BCUT2D eigenvalue weighted by Crippen LogP contribution is -2.28. The molecule has 0 saturated carbocycles. The van der Waals surface area contributed by atoms with Crippen LogP contribution < -0.4 is 0 Å². The zero-order valence-electron chi connectivity index (χ0n) is 10.2. The smallest absolute Gasteiger partial charge is 0.0530 e. The highest BCUT2D eigenvalue weighted by Gasteiger charge is 2.24. The third-order valence-corrected chi connectivity index (χ3v) is 4.92. The van der Waals surface area contributed by atoms with Crippen molar-refractivity contribution in [3.05, 3.63) is 22.4 Å². The second-order valence-corrected chi connectivity index (χ2v) is 5.60. The van der Waals surface area contributed by atoms with Crippen molar-refractivity contribution < 1.29 is 4.74 Å². The van der Waals surface area contributed by atoms with Gasteiger partial charge in [0.15, 0.2) is 0 Å². The SMILES string of the molecule is CCC(CC)(CS)COCCc1cccs1. The van der Waals surface area contributed by atoms with Crippen molar-refractivity contribution in [3.8, 4) is 0 Å². The molecule has 1 aromatic rings. The summed E-state index contributed by atoms with van der Waals surface area (Å²) in [7, 11) is 0. The average molecular weight is 258 g/mol. The minimum atomic E-state index is 0.276. The number of ether oxygens (including phenoxy) is 1. The normalized spacial score (nSPS) is 11.9. The summed E-state index contributed by atoms with van der Waals surface area (Å²) in [6, 6.07) is 4.26. The summed E-state index contributed by atoms with van der Waals surface area (Å²) in [6.45, 7) is 6.12. The first-order chi connectivity index (χ1) is 7.76. The van der Waals surface area contributed by atoms with Crippen molar-refractivity contribution in [3.63, 3.8) is 0 Å². The summed E-state index contributed by atoms with van der Waals surface area (Å²) in [4.78, 5) is 1.41. The van der Waals surface area contributed by atoms with Crippen LogP contribution in [0.3, 0.4) is 0 Å². The molecule has 0 N–H and O–H groups in total. The molecule has 92 valence electrons. The van der Waals surface area contributed by atoms with Crippen molar-refractivity contribution in [2.24, 2.45) is 5.41 Å². The predicted octanol–water partition coefficient (Wildman–Crippen LogP) is 4.04. The number of hydrogen-bond acceptors (Lipinski definition) is 3. The highest BCUT2D eigenvalue weighted by atomic mass is 32.1. The lowest BCUT2D eigenvalue weighted by Gasteiger charge is -2.29. The number of hydrogen-bond donors (Lipinski definition) is 1. The molecule has 0 aliphatic carbocycles. The molecular weight excluding hydrogens is 236 g/mol. The summed E-state index contributed by atoms with van der Waals surface area (Å²) >= 11 is 6.25. The molecule has 3 heteroatoms. The molecule has 0 aliphatic heterocycles. The van der Waals surface area contributed by atoms with Gasteiger partial charge in [0.25, 0.3) is 0 Å². The summed E-state index contributed by atoms with van der Waals surface area (Å²) in [5.41, 5.74) is 0.276. The zero-order chi connectivity index (χ0) is 11.9.